The Kier molecular flexibility index (Phi) is 4.98. The SMILES string of the molecule is CSC1(COc2ccc(-c3cc(C(N)=O)c(=O)[nH]c3C(F)(F)F)cc2)CC1. The molecular weight excluding hydrogens is 381 g/mol. The van der Waals surface area contributed by atoms with E-state index in [4.69, 9.17) is 10.5 Å². The van der Waals surface area contributed by atoms with Crippen LogP contribution in [0.3, 0.4) is 0 Å². The minimum absolute atomic E-state index is 0.136. The van der Waals surface area contributed by atoms with E-state index >= 15 is 0 Å². The topological polar surface area (TPSA) is 85.2 Å². The molecular formula is C18H17F3N2O3S. The first kappa shape index (κ1) is 19.3. The largest absolute Gasteiger partial charge is 0.492 e. The highest BCUT2D eigenvalue weighted by atomic mass is 32.2. The van der Waals surface area contributed by atoms with Gasteiger partial charge in [0.2, 0.25) is 0 Å². The summed E-state index contributed by atoms with van der Waals surface area (Å²) >= 11 is 1.74. The van der Waals surface area contributed by atoms with E-state index in [1.807, 2.05) is 6.26 Å². The number of rotatable bonds is 6. The minimum Gasteiger partial charge on any atom is -0.492 e. The molecule has 1 amide bonds. The Morgan fingerprint density at radius 2 is 1.93 bits per heavy atom. The third-order valence-electron chi connectivity index (χ3n) is 4.50. The number of thioether (sulfide) groups is 1. The van der Waals surface area contributed by atoms with Crippen molar-refractivity contribution in [1.82, 2.24) is 4.98 Å². The molecule has 1 heterocycles. The Labute approximate surface area is 157 Å². The third-order valence-corrected chi connectivity index (χ3v) is 5.89. The molecule has 1 aliphatic rings. The number of amides is 1. The van der Waals surface area contributed by atoms with Crippen LogP contribution < -0.4 is 16.0 Å². The molecule has 3 rings (SSSR count). The maximum Gasteiger partial charge on any atom is 0.431 e. The number of primary amides is 1. The first-order valence-corrected chi connectivity index (χ1v) is 9.30. The van der Waals surface area contributed by atoms with Crippen molar-refractivity contribution in [2.24, 2.45) is 5.73 Å². The van der Waals surface area contributed by atoms with Gasteiger partial charge in [0.05, 0.1) is 0 Å². The maximum atomic E-state index is 13.3. The summed E-state index contributed by atoms with van der Waals surface area (Å²) in [5.41, 5.74) is 1.99. The van der Waals surface area contributed by atoms with Gasteiger partial charge in [-0.1, -0.05) is 12.1 Å². The van der Waals surface area contributed by atoms with Crippen LogP contribution in [0.4, 0.5) is 13.2 Å². The average molecular weight is 398 g/mol. The van der Waals surface area contributed by atoms with Crippen LogP contribution in [0.5, 0.6) is 5.75 Å². The fourth-order valence-electron chi connectivity index (χ4n) is 2.66. The molecule has 1 fully saturated rings. The van der Waals surface area contributed by atoms with Gasteiger partial charge in [0.25, 0.3) is 11.5 Å². The molecule has 27 heavy (non-hydrogen) atoms. The molecule has 0 unspecified atom stereocenters. The van der Waals surface area contributed by atoms with Gasteiger partial charge in [0.1, 0.15) is 23.6 Å². The molecule has 2 aromatic rings. The van der Waals surface area contributed by atoms with Crippen LogP contribution in [-0.4, -0.2) is 28.5 Å². The van der Waals surface area contributed by atoms with Crippen molar-refractivity contribution in [3.8, 4) is 16.9 Å². The van der Waals surface area contributed by atoms with Gasteiger partial charge in [-0.05, 0) is 42.9 Å². The van der Waals surface area contributed by atoms with E-state index in [2.05, 4.69) is 0 Å². The zero-order valence-corrected chi connectivity index (χ0v) is 15.2. The Morgan fingerprint density at radius 1 is 1.30 bits per heavy atom. The molecule has 0 bridgehead atoms. The smallest absolute Gasteiger partial charge is 0.431 e. The summed E-state index contributed by atoms with van der Waals surface area (Å²) in [4.78, 5) is 24.8. The summed E-state index contributed by atoms with van der Waals surface area (Å²) in [6, 6.07) is 6.87. The molecule has 0 radical (unpaired) electrons. The van der Waals surface area contributed by atoms with Gasteiger partial charge in [-0.2, -0.15) is 24.9 Å². The lowest BCUT2D eigenvalue weighted by Gasteiger charge is -2.15. The van der Waals surface area contributed by atoms with Crippen LogP contribution in [0.2, 0.25) is 0 Å². The quantitative estimate of drug-likeness (QED) is 0.781. The van der Waals surface area contributed by atoms with Crippen LogP contribution >= 0.6 is 11.8 Å². The molecule has 1 saturated carbocycles. The number of ether oxygens (including phenoxy) is 1. The normalized spacial score (nSPS) is 15.4. The second kappa shape index (κ2) is 6.95. The Bertz CT molecular complexity index is 919. The maximum absolute atomic E-state index is 13.3. The molecule has 1 aromatic carbocycles. The van der Waals surface area contributed by atoms with Crippen molar-refractivity contribution in [3.05, 3.63) is 51.9 Å². The fraction of sp³-hybridized carbons (Fsp3) is 0.333. The van der Waals surface area contributed by atoms with Gasteiger partial charge in [0.15, 0.2) is 0 Å². The van der Waals surface area contributed by atoms with Crippen LogP contribution in [-0.2, 0) is 6.18 Å². The van der Waals surface area contributed by atoms with Crippen molar-refractivity contribution in [2.45, 2.75) is 23.8 Å². The van der Waals surface area contributed by atoms with Crippen molar-refractivity contribution in [1.29, 1.82) is 0 Å². The molecule has 1 aromatic heterocycles. The second-order valence-corrected chi connectivity index (χ2v) is 7.64. The van der Waals surface area contributed by atoms with E-state index in [1.54, 1.807) is 28.9 Å². The number of halogens is 3. The predicted octanol–water partition coefficient (Wildman–Crippen LogP) is 3.43. The average Bonchev–Trinajstić information content (AvgIpc) is 3.40. The van der Waals surface area contributed by atoms with Gasteiger partial charge in [-0.25, -0.2) is 0 Å². The number of nitrogens with two attached hydrogens (primary N) is 1. The Morgan fingerprint density at radius 3 is 2.41 bits per heavy atom. The lowest BCUT2D eigenvalue weighted by molar-refractivity contribution is -0.140. The number of aromatic amines is 1. The zero-order chi connectivity index (χ0) is 19.8. The summed E-state index contributed by atoms with van der Waals surface area (Å²) in [5.74, 6) is -0.565. The summed E-state index contributed by atoms with van der Waals surface area (Å²) in [5, 5.41) is 0. The lowest BCUT2D eigenvalue weighted by Crippen LogP contribution is -2.27. The van der Waals surface area contributed by atoms with Gasteiger partial charge in [-0.15, -0.1) is 0 Å². The molecule has 9 heteroatoms. The zero-order valence-electron chi connectivity index (χ0n) is 14.4. The summed E-state index contributed by atoms with van der Waals surface area (Å²) < 4.78 is 45.8. The van der Waals surface area contributed by atoms with Crippen molar-refractivity contribution < 1.29 is 22.7 Å². The number of hydrogen-bond acceptors (Lipinski definition) is 4. The van der Waals surface area contributed by atoms with Gasteiger partial charge < -0.3 is 15.5 Å². The second-order valence-electron chi connectivity index (χ2n) is 6.36. The van der Waals surface area contributed by atoms with Gasteiger partial charge >= 0.3 is 6.18 Å². The van der Waals surface area contributed by atoms with Crippen LogP contribution in [0, 0.1) is 0 Å². The van der Waals surface area contributed by atoms with E-state index in [9.17, 15) is 22.8 Å². The van der Waals surface area contributed by atoms with E-state index in [0.717, 1.165) is 18.9 Å². The first-order valence-electron chi connectivity index (χ1n) is 8.08. The van der Waals surface area contributed by atoms with Crippen molar-refractivity contribution in [2.75, 3.05) is 12.9 Å². The third kappa shape index (κ3) is 4.13. The minimum atomic E-state index is -4.80. The van der Waals surface area contributed by atoms with E-state index < -0.39 is 28.9 Å². The Balaban J connectivity index is 1.93. The number of carbonyl (C=O) groups is 1. The molecule has 5 nitrogen and oxygen atoms in total. The number of H-pyrrole nitrogens is 1. The summed E-state index contributed by atoms with van der Waals surface area (Å²) in [6.07, 6.45) is -0.621. The van der Waals surface area contributed by atoms with E-state index in [-0.39, 0.29) is 15.9 Å². The number of hydrogen-bond donors (Lipinski definition) is 2. The predicted molar refractivity (Wildman–Crippen MR) is 97.0 cm³/mol. The Hall–Kier alpha value is -2.42. The van der Waals surface area contributed by atoms with E-state index in [0.29, 0.717) is 12.4 Å². The molecule has 1 aliphatic carbocycles. The monoisotopic (exact) mass is 398 g/mol. The van der Waals surface area contributed by atoms with Crippen LogP contribution in [0.15, 0.2) is 35.1 Å². The summed E-state index contributed by atoms with van der Waals surface area (Å²) in [7, 11) is 0. The molecule has 0 spiro atoms. The number of carbonyl (C=O) groups excluding carboxylic acids is 1. The highest BCUT2D eigenvalue weighted by Gasteiger charge is 2.42. The number of alkyl halides is 3. The number of benzene rings is 1. The molecule has 0 atom stereocenters. The first-order chi connectivity index (χ1) is 12.6. The lowest BCUT2D eigenvalue weighted by atomic mass is 10.0. The van der Waals surface area contributed by atoms with E-state index in [1.165, 1.54) is 12.1 Å². The summed E-state index contributed by atoms with van der Waals surface area (Å²) in [6.45, 7) is 0.534. The fourth-order valence-corrected chi connectivity index (χ4v) is 3.34. The van der Waals surface area contributed by atoms with Crippen LogP contribution in [0.1, 0.15) is 28.9 Å². The standard InChI is InChI=1S/C18H17F3N2O3S/c1-27-17(6-7-17)9-26-11-4-2-10(3-5-11)12-8-13(15(22)24)16(25)23-14(12)18(19,20)21/h2-5,8H,6-7,9H2,1H3,(H2,22,24)(H,23,25). The van der Waals surface area contributed by atoms with Crippen LogP contribution in [0.25, 0.3) is 11.1 Å². The molecule has 144 valence electrons. The number of nitrogens with one attached hydrogen (secondary N) is 1. The number of aromatic nitrogens is 1. The number of pyridine rings is 1. The van der Waals surface area contributed by atoms with Gasteiger partial charge in [-0.3, -0.25) is 9.59 Å². The molecule has 3 N–H and O–H groups in total. The van der Waals surface area contributed by atoms with Gasteiger partial charge in [0, 0.05) is 10.3 Å². The molecule has 0 aliphatic heterocycles. The highest BCUT2D eigenvalue weighted by Crippen LogP contribution is 2.47. The highest BCUT2D eigenvalue weighted by molar-refractivity contribution is 8.00. The van der Waals surface area contributed by atoms with Crippen molar-refractivity contribution >= 4 is 17.7 Å². The molecule has 0 saturated heterocycles. The van der Waals surface area contributed by atoms with Crippen molar-refractivity contribution in [3.63, 3.8) is 0 Å².